The third kappa shape index (κ3) is 8.17. The van der Waals surface area contributed by atoms with Gasteiger partial charge in [-0.2, -0.15) is 0 Å². The first-order valence-electron chi connectivity index (χ1n) is 4.21. The monoisotopic (exact) mass is 267 g/mol. The lowest BCUT2D eigenvalue weighted by atomic mass is 10.1. The Morgan fingerprint density at radius 1 is 1.45 bits per heavy atom. The summed E-state index contributed by atoms with van der Waals surface area (Å²) in [6.07, 6.45) is 5.48. The van der Waals surface area contributed by atoms with Crippen LogP contribution in [0.25, 0.3) is 0 Å². The van der Waals surface area contributed by atoms with Crippen molar-refractivity contribution in [1.29, 1.82) is 0 Å². The molecule has 0 aliphatic heterocycles. The van der Waals surface area contributed by atoms with Gasteiger partial charge in [-0.3, -0.25) is 0 Å². The van der Waals surface area contributed by atoms with Gasteiger partial charge in [0.1, 0.15) is 0 Å². The summed E-state index contributed by atoms with van der Waals surface area (Å²) < 4.78 is 0.622. The van der Waals surface area contributed by atoms with E-state index in [1.807, 2.05) is 0 Å². The summed E-state index contributed by atoms with van der Waals surface area (Å²) in [5, 5.41) is 3.28. The van der Waals surface area contributed by atoms with Crippen molar-refractivity contribution in [3.05, 3.63) is 12.3 Å². The summed E-state index contributed by atoms with van der Waals surface area (Å²) in [4.78, 5) is 0. The van der Waals surface area contributed by atoms with Crippen molar-refractivity contribution in [2.24, 2.45) is 5.92 Å². The van der Waals surface area contributed by atoms with E-state index in [0.717, 1.165) is 12.5 Å². The Balaban J connectivity index is 3.26. The second-order valence-corrected chi connectivity index (χ2v) is 4.92. The molecule has 0 spiro atoms. The molecule has 0 aromatic heterocycles. The van der Waals surface area contributed by atoms with Gasteiger partial charge in [0, 0.05) is 10.5 Å². The third-order valence-electron chi connectivity index (χ3n) is 1.64. The van der Waals surface area contributed by atoms with E-state index >= 15 is 0 Å². The minimum Gasteiger partial charge on any atom is -0.391 e. The van der Waals surface area contributed by atoms with E-state index in [0.29, 0.717) is 3.92 Å². The van der Waals surface area contributed by atoms with Gasteiger partial charge in [-0.05, 0) is 19.0 Å². The molecule has 0 aromatic carbocycles. The average molecular weight is 267 g/mol. The zero-order chi connectivity index (χ0) is 8.69. The quantitative estimate of drug-likeness (QED) is 0.596. The van der Waals surface area contributed by atoms with Gasteiger partial charge in [-0.1, -0.05) is 48.9 Å². The molecule has 66 valence electrons. The second-order valence-electron chi connectivity index (χ2n) is 2.96. The molecule has 0 rings (SSSR count). The first-order chi connectivity index (χ1) is 5.16. The van der Waals surface area contributed by atoms with Crippen molar-refractivity contribution < 1.29 is 0 Å². The van der Waals surface area contributed by atoms with Gasteiger partial charge in [0.15, 0.2) is 0 Å². The fraction of sp³-hybridized carbons (Fsp3) is 0.778. The molecule has 0 radical (unpaired) electrons. The van der Waals surface area contributed by atoms with E-state index in [1.54, 1.807) is 0 Å². The summed E-state index contributed by atoms with van der Waals surface area (Å²) in [6.45, 7) is 7.74. The van der Waals surface area contributed by atoms with E-state index in [9.17, 15) is 0 Å². The number of alkyl halides is 1. The van der Waals surface area contributed by atoms with Gasteiger partial charge in [-0.15, -0.1) is 0 Å². The lowest BCUT2D eigenvalue weighted by Crippen LogP contribution is -2.14. The molecular formula is C9H18IN. The largest absolute Gasteiger partial charge is 0.391 e. The highest BCUT2D eigenvalue weighted by Gasteiger charge is 1.94. The van der Waals surface area contributed by atoms with Crippen LogP contribution in [0.15, 0.2) is 12.3 Å². The Morgan fingerprint density at radius 2 is 2.09 bits per heavy atom. The molecule has 0 saturated heterocycles. The number of hydrogen-bond acceptors (Lipinski definition) is 1. The lowest BCUT2D eigenvalue weighted by molar-refractivity contribution is 0.539. The molecule has 11 heavy (non-hydrogen) atoms. The Labute approximate surface area is 83.8 Å². The average Bonchev–Trinajstić information content (AvgIpc) is 1.97. The zero-order valence-corrected chi connectivity index (χ0v) is 9.76. The van der Waals surface area contributed by atoms with Crippen LogP contribution in [0.3, 0.4) is 0 Å². The molecule has 0 fully saturated rings. The maximum atomic E-state index is 3.28. The van der Waals surface area contributed by atoms with Crippen molar-refractivity contribution in [1.82, 2.24) is 5.32 Å². The Bertz CT molecular complexity index is 110. The standard InChI is InChI=1S/C9H18IN/c1-4-8(2)7-11-6-5-9(3)10/h5-6,8-9,11H,4,7H2,1-3H3/b6-5+. The summed E-state index contributed by atoms with van der Waals surface area (Å²) in [6, 6.07) is 0. The smallest absolute Gasteiger partial charge is 0.0277 e. The van der Waals surface area contributed by atoms with Gasteiger partial charge in [0.25, 0.3) is 0 Å². The zero-order valence-electron chi connectivity index (χ0n) is 7.60. The van der Waals surface area contributed by atoms with E-state index < -0.39 is 0 Å². The fourth-order valence-corrected chi connectivity index (χ4v) is 0.822. The first-order valence-corrected chi connectivity index (χ1v) is 5.45. The number of nitrogens with one attached hydrogen (secondary N) is 1. The van der Waals surface area contributed by atoms with Crippen molar-refractivity contribution >= 4 is 22.6 Å². The fourth-order valence-electron chi connectivity index (χ4n) is 0.614. The predicted molar refractivity (Wildman–Crippen MR) is 60.1 cm³/mol. The van der Waals surface area contributed by atoms with E-state index in [1.165, 1.54) is 6.42 Å². The van der Waals surface area contributed by atoms with Crippen LogP contribution in [-0.4, -0.2) is 10.5 Å². The summed E-state index contributed by atoms with van der Waals surface area (Å²) in [7, 11) is 0. The van der Waals surface area contributed by atoms with Crippen LogP contribution in [0.1, 0.15) is 27.2 Å². The van der Waals surface area contributed by atoms with Crippen LogP contribution in [0.4, 0.5) is 0 Å². The van der Waals surface area contributed by atoms with Gasteiger partial charge >= 0.3 is 0 Å². The number of hydrogen-bond donors (Lipinski definition) is 1. The topological polar surface area (TPSA) is 12.0 Å². The number of allylic oxidation sites excluding steroid dienone is 1. The van der Waals surface area contributed by atoms with Gasteiger partial charge in [-0.25, -0.2) is 0 Å². The highest BCUT2D eigenvalue weighted by Crippen LogP contribution is 1.99. The van der Waals surface area contributed by atoms with E-state index in [4.69, 9.17) is 0 Å². The molecule has 0 bridgehead atoms. The molecule has 0 aromatic rings. The molecular weight excluding hydrogens is 249 g/mol. The molecule has 0 heterocycles. The maximum Gasteiger partial charge on any atom is 0.0277 e. The molecule has 1 N–H and O–H groups in total. The summed E-state index contributed by atoms with van der Waals surface area (Å²) >= 11 is 2.38. The van der Waals surface area contributed by atoms with Crippen LogP contribution < -0.4 is 5.32 Å². The van der Waals surface area contributed by atoms with E-state index in [-0.39, 0.29) is 0 Å². The lowest BCUT2D eigenvalue weighted by Gasteiger charge is -2.07. The van der Waals surface area contributed by atoms with Crippen LogP contribution in [0.5, 0.6) is 0 Å². The Hall–Kier alpha value is 0.270. The minimum absolute atomic E-state index is 0.622. The van der Waals surface area contributed by atoms with Crippen molar-refractivity contribution in [3.63, 3.8) is 0 Å². The van der Waals surface area contributed by atoms with Gasteiger partial charge in [0.2, 0.25) is 0 Å². The SMILES string of the molecule is CCC(C)CN/C=C/C(C)I. The molecule has 1 nitrogen and oxygen atoms in total. The van der Waals surface area contributed by atoms with Crippen LogP contribution in [0, 0.1) is 5.92 Å². The molecule has 0 saturated carbocycles. The van der Waals surface area contributed by atoms with E-state index in [2.05, 4.69) is 61.0 Å². The normalized spacial score (nSPS) is 16.7. The molecule has 2 atom stereocenters. The van der Waals surface area contributed by atoms with Crippen LogP contribution in [0.2, 0.25) is 0 Å². The molecule has 0 amide bonds. The molecule has 0 aliphatic carbocycles. The first kappa shape index (κ1) is 11.3. The highest BCUT2D eigenvalue weighted by molar-refractivity contribution is 14.1. The third-order valence-corrected chi connectivity index (χ3v) is 2.06. The maximum absolute atomic E-state index is 3.28. The number of halogens is 1. The van der Waals surface area contributed by atoms with Crippen molar-refractivity contribution in [3.8, 4) is 0 Å². The van der Waals surface area contributed by atoms with Crippen molar-refractivity contribution in [2.75, 3.05) is 6.54 Å². The van der Waals surface area contributed by atoms with Crippen LogP contribution >= 0.6 is 22.6 Å². The minimum atomic E-state index is 0.622. The summed E-state index contributed by atoms with van der Waals surface area (Å²) in [5.41, 5.74) is 0. The number of rotatable bonds is 5. The highest BCUT2D eigenvalue weighted by atomic mass is 127. The second kappa shape index (κ2) is 6.95. The molecule has 2 unspecified atom stereocenters. The van der Waals surface area contributed by atoms with Gasteiger partial charge in [0.05, 0.1) is 0 Å². The van der Waals surface area contributed by atoms with Gasteiger partial charge < -0.3 is 5.32 Å². The Morgan fingerprint density at radius 3 is 2.55 bits per heavy atom. The van der Waals surface area contributed by atoms with Crippen LogP contribution in [-0.2, 0) is 0 Å². The predicted octanol–water partition coefficient (Wildman–Crippen LogP) is 2.96. The summed E-state index contributed by atoms with van der Waals surface area (Å²) in [5.74, 6) is 0.782. The Kier molecular flexibility index (Phi) is 7.12. The van der Waals surface area contributed by atoms with Crippen molar-refractivity contribution in [2.45, 2.75) is 31.1 Å². The molecule has 2 heteroatoms. The molecule has 0 aliphatic rings.